The molecule has 2 heteroatoms. The van der Waals surface area contributed by atoms with Crippen LogP contribution in [0.15, 0.2) is 0 Å². The van der Waals surface area contributed by atoms with E-state index < -0.39 is 0 Å². The van der Waals surface area contributed by atoms with Gasteiger partial charge < -0.3 is 10.8 Å². The molecule has 0 radical (unpaired) electrons. The van der Waals surface area contributed by atoms with Crippen molar-refractivity contribution < 1.29 is 0 Å². The Hall–Kier alpha value is -0.660. The summed E-state index contributed by atoms with van der Waals surface area (Å²) in [6, 6.07) is 0. The maximum absolute atomic E-state index is 7.39. The highest BCUT2D eigenvalue weighted by atomic mass is 14.4. The number of nitrogens with one attached hydrogen (secondary N) is 2. The van der Waals surface area contributed by atoms with Gasteiger partial charge in [-0.15, -0.1) is 0 Å². The minimum Gasteiger partial charge on any atom is -0.310 e. The summed E-state index contributed by atoms with van der Waals surface area (Å²) in [5.41, 5.74) is 1.46. The van der Waals surface area contributed by atoms with Crippen LogP contribution in [0.3, 0.4) is 0 Å². The van der Waals surface area contributed by atoms with Crippen molar-refractivity contribution in [3.63, 3.8) is 0 Å². The molecule has 70 valence electrons. The second-order valence-corrected chi connectivity index (χ2v) is 3.97. The van der Waals surface area contributed by atoms with Crippen LogP contribution in [0.5, 0.6) is 0 Å². The van der Waals surface area contributed by atoms with Gasteiger partial charge in [-0.05, 0) is 38.5 Å². The van der Waals surface area contributed by atoms with Gasteiger partial charge in [-0.1, -0.05) is 13.8 Å². The molecule has 0 fully saturated rings. The van der Waals surface area contributed by atoms with Gasteiger partial charge in [-0.2, -0.15) is 0 Å². The lowest BCUT2D eigenvalue weighted by Crippen LogP contribution is -2.15. The van der Waals surface area contributed by atoms with Crippen molar-refractivity contribution in [3.8, 4) is 0 Å². The predicted molar refractivity (Wildman–Crippen MR) is 54.4 cm³/mol. The highest BCUT2D eigenvalue weighted by Gasteiger charge is 2.14. The Bertz CT molecular complexity index is 155. The molecule has 0 saturated heterocycles. The fourth-order valence-corrected chi connectivity index (χ4v) is 1.33. The van der Waals surface area contributed by atoms with E-state index in [1.807, 2.05) is 13.8 Å². The molecule has 2 N–H and O–H groups in total. The summed E-state index contributed by atoms with van der Waals surface area (Å²) in [6.07, 6.45) is 1.68. The first-order valence-electron chi connectivity index (χ1n) is 4.51. The highest BCUT2D eigenvalue weighted by molar-refractivity contribution is 5.81. The molecule has 0 rings (SSSR count). The van der Waals surface area contributed by atoms with Crippen LogP contribution in [0.1, 0.15) is 40.5 Å². The summed E-state index contributed by atoms with van der Waals surface area (Å²) >= 11 is 0. The largest absolute Gasteiger partial charge is 0.310 e. The zero-order valence-corrected chi connectivity index (χ0v) is 8.57. The molecule has 0 unspecified atom stereocenters. The molecule has 0 aliphatic carbocycles. The normalized spacial score (nSPS) is 13.1. The lowest BCUT2D eigenvalue weighted by Gasteiger charge is -2.19. The third-order valence-electron chi connectivity index (χ3n) is 2.08. The van der Waals surface area contributed by atoms with Crippen LogP contribution in [-0.4, -0.2) is 11.4 Å². The fraction of sp³-hybridized carbons (Fsp3) is 0.800. The Morgan fingerprint density at radius 2 is 1.33 bits per heavy atom. The van der Waals surface area contributed by atoms with E-state index in [0.717, 1.165) is 24.3 Å². The molecule has 0 aliphatic rings. The fourth-order valence-electron chi connectivity index (χ4n) is 1.33. The van der Waals surface area contributed by atoms with Crippen molar-refractivity contribution >= 4 is 11.4 Å². The van der Waals surface area contributed by atoms with E-state index in [-0.39, 0.29) is 0 Å². The second-order valence-electron chi connectivity index (χ2n) is 3.97. The molecule has 0 spiro atoms. The van der Waals surface area contributed by atoms with Crippen molar-refractivity contribution in [2.45, 2.75) is 40.5 Å². The summed E-state index contributed by atoms with van der Waals surface area (Å²) in [5, 5.41) is 14.8. The van der Waals surface area contributed by atoms with Crippen molar-refractivity contribution in [2.75, 3.05) is 0 Å². The smallest absolute Gasteiger partial charge is 0.00612 e. The standard InChI is InChI=1S/C10H20N2/c1-7(2)10(5-8(3)11)6-9(4)12/h7,10-12H,5-6H2,1-4H3. The van der Waals surface area contributed by atoms with Crippen molar-refractivity contribution in [1.82, 2.24) is 0 Å². The lowest BCUT2D eigenvalue weighted by atomic mass is 9.86. The van der Waals surface area contributed by atoms with E-state index in [0.29, 0.717) is 11.8 Å². The molecular formula is C10H20N2. The zero-order valence-electron chi connectivity index (χ0n) is 8.57. The van der Waals surface area contributed by atoms with Crippen LogP contribution < -0.4 is 0 Å². The SMILES string of the molecule is CC(=N)CC(CC(C)=N)C(C)C. The Balaban J connectivity index is 4.04. The molecule has 0 aliphatic heterocycles. The van der Waals surface area contributed by atoms with Gasteiger partial charge in [0.2, 0.25) is 0 Å². The lowest BCUT2D eigenvalue weighted by molar-refractivity contribution is 0.408. The molecule has 0 aromatic rings. The Kier molecular flexibility index (Phi) is 4.79. The molecule has 2 nitrogen and oxygen atoms in total. The van der Waals surface area contributed by atoms with Gasteiger partial charge in [-0.3, -0.25) is 0 Å². The van der Waals surface area contributed by atoms with E-state index in [1.54, 1.807) is 0 Å². The topological polar surface area (TPSA) is 47.7 Å². The first-order chi connectivity index (χ1) is 5.43. The molecule has 0 aromatic heterocycles. The van der Waals surface area contributed by atoms with Gasteiger partial charge in [0, 0.05) is 11.4 Å². The minimum atomic E-state index is 0.486. The average Bonchev–Trinajstić information content (AvgIpc) is 1.83. The Morgan fingerprint density at radius 1 is 1.00 bits per heavy atom. The van der Waals surface area contributed by atoms with Crippen molar-refractivity contribution in [1.29, 1.82) is 10.8 Å². The van der Waals surface area contributed by atoms with Gasteiger partial charge in [-0.25, -0.2) is 0 Å². The molecule has 0 heterocycles. The molecule has 0 amide bonds. The summed E-state index contributed by atoms with van der Waals surface area (Å²) in [5.74, 6) is 1.06. The Labute approximate surface area is 75.4 Å². The molecule has 0 atom stereocenters. The van der Waals surface area contributed by atoms with Gasteiger partial charge in [0.05, 0.1) is 0 Å². The third kappa shape index (κ3) is 5.05. The van der Waals surface area contributed by atoms with Crippen LogP contribution >= 0.6 is 0 Å². The van der Waals surface area contributed by atoms with Crippen LogP contribution in [0, 0.1) is 22.7 Å². The predicted octanol–water partition coefficient (Wildman–Crippen LogP) is 3.12. The highest BCUT2D eigenvalue weighted by Crippen LogP contribution is 2.19. The van der Waals surface area contributed by atoms with Crippen molar-refractivity contribution in [2.24, 2.45) is 11.8 Å². The second kappa shape index (κ2) is 5.07. The number of hydrogen-bond acceptors (Lipinski definition) is 2. The summed E-state index contributed by atoms with van der Waals surface area (Å²) in [6.45, 7) is 8.01. The molecule has 0 aromatic carbocycles. The monoisotopic (exact) mass is 168 g/mol. The van der Waals surface area contributed by atoms with E-state index in [2.05, 4.69) is 13.8 Å². The number of rotatable bonds is 5. The first kappa shape index (κ1) is 11.3. The maximum atomic E-state index is 7.39. The van der Waals surface area contributed by atoms with E-state index in [4.69, 9.17) is 10.8 Å². The molecule has 0 bridgehead atoms. The number of hydrogen-bond donors (Lipinski definition) is 2. The van der Waals surface area contributed by atoms with E-state index in [9.17, 15) is 0 Å². The van der Waals surface area contributed by atoms with Crippen LogP contribution in [0.2, 0.25) is 0 Å². The van der Waals surface area contributed by atoms with Crippen LogP contribution in [0.4, 0.5) is 0 Å². The van der Waals surface area contributed by atoms with Gasteiger partial charge >= 0.3 is 0 Å². The van der Waals surface area contributed by atoms with Crippen LogP contribution in [-0.2, 0) is 0 Å². The minimum absolute atomic E-state index is 0.486. The van der Waals surface area contributed by atoms with Gasteiger partial charge in [0.1, 0.15) is 0 Å². The average molecular weight is 168 g/mol. The van der Waals surface area contributed by atoms with Crippen molar-refractivity contribution in [3.05, 3.63) is 0 Å². The molecular weight excluding hydrogens is 148 g/mol. The zero-order chi connectivity index (χ0) is 9.72. The maximum Gasteiger partial charge on any atom is 0.00612 e. The summed E-state index contributed by atoms with van der Waals surface area (Å²) in [4.78, 5) is 0. The Morgan fingerprint density at radius 3 is 1.50 bits per heavy atom. The van der Waals surface area contributed by atoms with Crippen LogP contribution in [0.25, 0.3) is 0 Å². The molecule has 0 saturated carbocycles. The third-order valence-corrected chi connectivity index (χ3v) is 2.08. The van der Waals surface area contributed by atoms with E-state index >= 15 is 0 Å². The van der Waals surface area contributed by atoms with Gasteiger partial charge in [0.25, 0.3) is 0 Å². The van der Waals surface area contributed by atoms with E-state index in [1.165, 1.54) is 0 Å². The summed E-state index contributed by atoms with van der Waals surface area (Å²) in [7, 11) is 0. The quantitative estimate of drug-likeness (QED) is 0.593. The summed E-state index contributed by atoms with van der Waals surface area (Å²) < 4.78 is 0. The van der Waals surface area contributed by atoms with Gasteiger partial charge in [0.15, 0.2) is 0 Å². The first-order valence-corrected chi connectivity index (χ1v) is 4.51. The molecule has 12 heavy (non-hydrogen) atoms.